The van der Waals surface area contributed by atoms with Crippen LogP contribution in [0.1, 0.15) is 19.4 Å². The van der Waals surface area contributed by atoms with Crippen LogP contribution in [0.5, 0.6) is 0 Å². The van der Waals surface area contributed by atoms with Gasteiger partial charge in [0.2, 0.25) is 0 Å². The van der Waals surface area contributed by atoms with Gasteiger partial charge in [0.05, 0.1) is 13.2 Å². The molecule has 158 valence electrons. The summed E-state index contributed by atoms with van der Waals surface area (Å²) in [6.45, 7) is 3.74. The Morgan fingerprint density at radius 1 is 1.03 bits per heavy atom. The topological polar surface area (TPSA) is 71.1 Å². The fraction of sp³-hybridized carbons (Fsp3) is 0.238. The fourth-order valence-electron chi connectivity index (χ4n) is 2.78. The van der Waals surface area contributed by atoms with Gasteiger partial charge in [0.1, 0.15) is 6.17 Å². The maximum absolute atomic E-state index is 12.8. The minimum atomic E-state index is -0.719. The first kappa shape index (κ1) is 21.9. The van der Waals surface area contributed by atoms with Gasteiger partial charge in [0, 0.05) is 27.6 Å². The maximum Gasteiger partial charge on any atom is 0.440 e. The third-order valence-corrected chi connectivity index (χ3v) is 5.33. The first-order valence-electron chi connectivity index (χ1n) is 9.43. The molecule has 30 heavy (non-hydrogen) atoms. The normalized spacial score (nSPS) is 16.0. The van der Waals surface area contributed by atoms with Gasteiger partial charge in [0.15, 0.2) is 0 Å². The third kappa shape index (κ3) is 5.20. The Bertz CT molecular complexity index is 925. The van der Waals surface area contributed by atoms with Crippen LogP contribution in [0.3, 0.4) is 0 Å². The number of carbonyl (C=O) groups excluding carboxylic acids is 2. The summed E-state index contributed by atoms with van der Waals surface area (Å²) in [4.78, 5) is 26.3. The van der Waals surface area contributed by atoms with Gasteiger partial charge in [-0.05, 0) is 43.7 Å². The van der Waals surface area contributed by atoms with Crippen molar-refractivity contribution in [3.63, 3.8) is 0 Å². The molecule has 0 saturated carbocycles. The zero-order valence-corrected chi connectivity index (χ0v) is 18.2. The van der Waals surface area contributed by atoms with Crippen LogP contribution in [0.25, 0.3) is 4.91 Å². The van der Waals surface area contributed by atoms with Crippen molar-refractivity contribution in [2.24, 2.45) is 0 Å². The molecule has 1 atom stereocenters. The minimum Gasteiger partial charge on any atom is -0.448 e. The van der Waals surface area contributed by atoms with Crippen molar-refractivity contribution in [1.82, 2.24) is 9.42 Å². The molecule has 7 nitrogen and oxygen atoms in total. The highest BCUT2D eigenvalue weighted by atomic mass is 35.5. The van der Waals surface area contributed by atoms with Crippen molar-refractivity contribution >= 4 is 46.3 Å². The average Bonchev–Trinajstić information content (AvgIpc) is 2.74. The van der Waals surface area contributed by atoms with Crippen LogP contribution in [-0.4, -0.2) is 41.0 Å². The number of hydrazine groups is 1. The van der Waals surface area contributed by atoms with Crippen molar-refractivity contribution < 1.29 is 19.1 Å². The lowest BCUT2D eigenvalue weighted by atomic mass is 10.2. The van der Waals surface area contributed by atoms with Crippen LogP contribution in [0.15, 0.2) is 60.7 Å². The van der Waals surface area contributed by atoms with Crippen molar-refractivity contribution in [3.8, 4) is 0 Å². The summed E-state index contributed by atoms with van der Waals surface area (Å²) in [7, 11) is 0. The van der Waals surface area contributed by atoms with Crippen molar-refractivity contribution in [1.29, 1.82) is 0 Å². The van der Waals surface area contributed by atoms with Crippen LogP contribution in [0, 0.1) is 0 Å². The number of nitrogens with one attached hydrogen (secondary N) is 1. The second-order valence-electron chi connectivity index (χ2n) is 6.10. The summed E-state index contributed by atoms with van der Waals surface area (Å²) in [5, 5.41) is 4.98. The quantitative estimate of drug-likeness (QED) is 0.600. The predicted octanol–water partition coefficient (Wildman–Crippen LogP) is 5.61. The third-order valence-electron chi connectivity index (χ3n) is 4.03. The van der Waals surface area contributed by atoms with E-state index in [2.05, 4.69) is 5.32 Å². The summed E-state index contributed by atoms with van der Waals surface area (Å²) >= 11 is 7.20. The highest BCUT2D eigenvalue weighted by molar-refractivity contribution is 8.06. The number of ether oxygens (including phenoxy) is 2. The molecule has 2 aromatic rings. The summed E-state index contributed by atoms with van der Waals surface area (Å²) in [6.07, 6.45) is -0.215. The van der Waals surface area contributed by atoms with Gasteiger partial charge in [-0.2, -0.15) is 5.01 Å². The van der Waals surface area contributed by atoms with Crippen LogP contribution >= 0.6 is 23.5 Å². The molecule has 1 heterocycles. The Labute approximate surface area is 184 Å². The zero-order chi connectivity index (χ0) is 21.5. The van der Waals surface area contributed by atoms with Gasteiger partial charge >= 0.3 is 12.2 Å². The lowest BCUT2D eigenvalue weighted by Crippen LogP contribution is -2.55. The van der Waals surface area contributed by atoms with E-state index in [-0.39, 0.29) is 13.2 Å². The van der Waals surface area contributed by atoms with Crippen LogP contribution in [0.2, 0.25) is 5.02 Å². The average molecular weight is 448 g/mol. The zero-order valence-electron chi connectivity index (χ0n) is 16.6. The largest absolute Gasteiger partial charge is 0.448 e. The van der Waals surface area contributed by atoms with Crippen molar-refractivity contribution in [2.45, 2.75) is 20.0 Å². The molecule has 0 radical (unpaired) electrons. The SMILES string of the molecule is CCOC(=O)N1SC(c2ccccc2)=CC(Nc2cccc(Cl)c2)N1C(=O)OCC. The molecule has 3 rings (SSSR count). The van der Waals surface area contributed by atoms with E-state index < -0.39 is 18.4 Å². The smallest absolute Gasteiger partial charge is 0.440 e. The molecule has 1 aliphatic heterocycles. The first-order valence-corrected chi connectivity index (χ1v) is 10.6. The van der Waals surface area contributed by atoms with E-state index in [9.17, 15) is 9.59 Å². The summed E-state index contributed by atoms with van der Waals surface area (Å²) in [6, 6.07) is 16.7. The van der Waals surface area contributed by atoms with Gasteiger partial charge in [-0.25, -0.2) is 9.59 Å². The number of hydrogen-bond acceptors (Lipinski definition) is 6. The molecule has 0 saturated heterocycles. The molecule has 9 heteroatoms. The minimum absolute atomic E-state index is 0.163. The Morgan fingerprint density at radius 2 is 1.73 bits per heavy atom. The van der Waals surface area contributed by atoms with Crippen molar-refractivity contribution in [3.05, 3.63) is 71.3 Å². The van der Waals surface area contributed by atoms with Gasteiger partial charge in [-0.3, -0.25) is 0 Å². The standard InChI is InChI=1S/C21H22ClN3O4S/c1-3-28-20(26)24-19(23-17-12-8-11-16(22)13-17)14-18(15-9-6-5-7-10-15)30-25(24)21(27)29-4-2/h5-14,19,23H,3-4H2,1-2H3. The number of hydrogen-bond donors (Lipinski definition) is 1. The van der Waals surface area contributed by atoms with Gasteiger partial charge in [-0.15, -0.1) is 4.41 Å². The number of halogens is 1. The summed E-state index contributed by atoms with van der Waals surface area (Å²) < 4.78 is 11.6. The number of nitrogens with zero attached hydrogens (tertiary/aromatic N) is 2. The van der Waals surface area contributed by atoms with Gasteiger partial charge in [-0.1, -0.05) is 48.0 Å². The monoisotopic (exact) mass is 447 g/mol. The van der Waals surface area contributed by atoms with Crippen LogP contribution in [0.4, 0.5) is 15.3 Å². The molecule has 0 aliphatic carbocycles. The number of anilines is 1. The number of rotatable bonds is 5. The van der Waals surface area contributed by atoms with E-state index >= 15 is 0 Å². The lowest BCUT2D eigenvalue weighted by Gasteiger charge is -2.40. The molecule has 1 aliphatic rings. The van der Waals surface area contributed by atoms with Crippen molar-refractivity contribution in [2.75, 3.05) is 18.5 Å². The first-order chi connectivity index (χ1) is 14.5. The summed E-state index contributed by atoms with van der Waals surface area (Å²) in [5.41, 5.74) is 1.58. The van der Waals surface area contributed by atoms with Gasteiger partial charge < -0.3 is 14.8 Å². The molecule has 2 amide bonds. The number of benzene rings is 2. The molecule has 0 spiro atoms. The Balaban J connectivity index is 2.04. The second kappa shape index (κ2) is 10.3. The lowest BCUT2D eigenvalue weighted by molar-refractivity contribution is 0.0212. The predicted molar refractivity (Wildman–Crippen MR) is 119 cm³/mol. The second-order valence-corrected chi connectivity index (χ2v) is 7.51. The van der Waals surface area contributed by atoms with Gasteiger partial charge in [0.25, 0.3) is 0 Å². The highest BCUT2D eigenvalue weighted by Crippen LogP contribution is 2.38. The van der Waals surface area contributed by atoms with Crippen LogP contribution < -0.4 is 5.32 Å². The van der Waals surface area contributed by atoms with E-state index in [4.69, 9.17) is 21.1 Å². The molecular formula is C21H22ClN3O4S. The number of carbonyl (C=O) groups is 2. The molecule has 0 fully saturated rings. The molecule has 1 unspecified atom stereocenters. The van der Waals surface area contributed by atoms with E-state index in [0.29, 0.717) is 10.7 Å². The van der Waals surface area contributed by atoms with Crippen LogP contribution in [-0.2, 0) is 9.47 Å². The fourth-order valence-corrected chi connectivity index (χ4v) is 3.97. The number of amides is 2. The molecule has 0 aromatic heterocycles. The Morgan fingerprint density at radius 3 is 2.40 bits per heavy atom. The molecule has 2 aromatic carbocycles. The van der Waals surface area contributed by atoms with E-state index in [1.807, 2.05) is 42.5 Å². The Kier molecular flexibility index (Phi) is 7.48. The highest BCUT2D eigenvalue weighted by Gasteiger charge is 2.39. The molecular weight excluding hydrogens is 426 g/mol. The summed E-state index contributed by atoms with van der Waals surface area (Å²) in [5.74, 6) is 0. The molecule has 0 bridgehead atoms. The van der Waals surface area contributed by atoms with E-state index in [1.165, 1.54) is 9.42 Å². The molecule has 1 N–H and O–H groups in total. The maximum atomic E-state index is 12.8. The van der Waals surface area contributed by atoms with E-state index in [0.717, 1.165) is 22.4 Å². The Hall–Kier alpha value is -2.84. The van der Waals surface area contributed by atoms with E-state index in [1.54, 1.807) is 32.0 Å².